The first-order chi connectivity index (χ1) is 9.47. The molecule has 0 aromatic carbocycles. The van der Waals surface area contributed by atoms with Gasteiger partial charge in [0, 0.05) is 37.4 Å². The van der Waals surface area contributed by atoms with Crippen LogP contribution in [0.25, 0.3) is 0 Å². The van der Waals surface area contributed by atoms with E-state index in [1.165, 1.54) is 0 Å². The molecular formula is C14H25ClN4O2. The maximum atomic E-state index is 12.1. The number of carbonyl (C=O) groups excluding carboxylic acids is 1. The Hall–Kier alpha value is -1.14. The molecule has 1 amide bonds. The average Bonchev–Trinajstić information content (AvgIpc) is 2.88. The first-order valence-corrected chi connectivity index (χ1v) is 7.34. The number of hydrogen-bond donors (Lipinski definition) is 1. The van der Waals surface area contributed by atoms with Crippen molar-refractivity contribution >= 4 is 18.3 Å². The van der Waals surface area contributed by atoms with Crippen LogP contribution in [-0.4, -0.2) is 40.1 Å². The predicted molar refractivity (Wildman–Crippen MR) is 82.5 cm³/mol. The molecule has 0 saturated carbocycles. The molecule has 0 bridgehead atoms. The summed E-state index contributed by atoms with van der Waals surface area (Å²) in [6.07, 6.45) is 2.37. The van der Waals surface area contributed by atoms with Gasteiger partial charge in [-0.2, -0.15) is 4.98 Å². The molecule has 1 aromatic heterocycles. The first kappa shape index (κ1) is 17.9. The number of nitrogens with two attached hydrogens (primary N) is 1. The summed E-state index contributed by atoms with van der Waals surface area (Å²) in [6, 6.07) is -0.0967. The average molecular weight is 317 g/mol. The summed E-state index contributed by atoms with van der Waals surface area (Å²) >= 11 is 0. The van der Waals surface area contributed by atoms with Gasteiger partial charge in [-0.05, 0) is 19.8 Å². The van der Waals surface area contributed by atoms with Crippen molar-refractivity contribution in [2.45, 2.75) is 57.9 Å². The van der Waals surface area contributed by atoms with E-state index in [0.29, 0.717) is 18.9 Å². The van der Waals surface area contributed by atoms with Crippen LogP contribution >= 0.6 is 12.4 Å². The predicted octanol–water partition coefficient (Wildman–Crippen LogP) is 2.06. The molecule has 0 radical (unpaired) electrons. The van der Waals surface area contributed by atoms with Gasteiger partial charge in [0.15, 0.2) is 5.82 Å². The standard InChI is InChI=1S/C14H24N4O2.ClH/c1-9(2)14-16-13(17-20-14)11-5-4-6-18(8-11)12(19)7-10(3)15;/h9-11H,4-8,15H2,1-3H3;1H. The van der Waals surface area contributed by atoms with E-state index in [2.05, 4.69) is 10.1 Å². The summed E-state index contributed by atoms with van der Waals surface area (Å²) in [5, 5.41) is 4.07. The lowest BCUT2D eigenvalue weighted by atomic mass is 9.97. The summed E-state index contributed by atoms with van der Waals surface area (Å²) in [5.41, 5.74) is 5.70. The SMILES string of the molecule is CC(N)CC(=O)N1CCCC(c2noc(C(C)C)n2)C1.Cl. The van der Waals surface area contributed by atoms with E-state index in [0.717, 1.165) is 25.2 Å². The smallest absolute Gasteiger partial charge is 0.229 e. The van der Waals surface area contributed by atoms with E-state index in [1.807, 2.05) is 25.7 Å². The Balaban J connectivity index is 0.00000220. The number of aromatic nitrogens is 2. The molecule has 6 nitrogen and oxygen atoms in total. The second-order valence-corrected chi connectivity index (χ2v) is 6.01. The van der Waals surface area contributed by atoms with Crippen LogP contribution < -0.4 is 5.73 Å². The van der Waals surface area contributed by atoms with Gasteiger partial charge in [0.05, 0.1) is 0 Å². The molecule has 2 rings (SSSR count). The van der Waals surface area contributed by atoms with Crippen molar-refractivity contribution in [2.24, 2.45) is 5.73 Å². The monoisotopic (exact) mass is 316 g/mol. The Morgan fingerprint density at radius 1 is 1.48 bits per heavy atom. The van der Waals surface area contributed by atoms with E-state index >= 15 is 0 Å². The Morgan fingerprint density at radius 3 is 2.76 bits per heavy atom. The zero-order valence-electron chi connectivity index (χ0n) is 12.9. The van der Waals surface area contributed by atoms with Crippen LogP contribution in [0.3, 0.4) is 0 Å². The second-order valence-electron chi connectivity index (χ2n) is 6.01. The van der Waals surface area contributed by atoms with Gasteiger partial charge in [-0.1, -0.05) is 19.0 Å². The van der Waals surface area contributed by atoms with Crippen molar-refractivity contribution in [1.29, 1.82) is 0 Å². The normalized spacial score (nSPS) is 20.2. The first-order valence-electron chi connectivity index (χ1n) is 7.34. The molecular weight excluding hydrogens is 292 g/mol. The molecule has 1 fully saturated rings. The highest BCUT2D eigenvalue weighted by Crippen LogP contribution is 2.26. The highest BCUT2D eigenvalue weighted by atomic mass is 35.5. The van der Waals surface area contributed by atoms with Crippen molar-refractivity contribution in [3.8, 4) is 0 Å². The Kier molecular flexibility index (Phi) is 6.61. The van der Waals surface area contributed by atoms with Crippen LogP contribution in [0.1, 0.15) is 63.6 Å². The van der Waals surface area contributed by atoms with E-state index in [1.54, 1.807) is 0 Å². The maximum absolute atomic E-state index is 12.1. The van der Waals surface area contributed by atoms with Crippen molar-refractivity contribution in [1.82, 2.24) is 15.0 Å². The Bertz CT molecular complexity index is 462. The highest BCUT2D eigenvalue weighted by molar-refractivity contribution is 5.85. The second kappa shape index (κ2) is 7.75. The Morgan fingerprint density at radius 2 is 2.19 bits per heavy atom. The third-order valence-corrected chi connectivity index (χ3v) is 3.59. The van der Waals surface area contributed by atoms with Crippen LogP contribution in [0.5, 0.6) is 0 Å². The summed E-state index contributed by atoms with van der Waals surface area (Å²) in [5.74, 6) is 1.93. The van der Waals surface area contributed by atoms with Crippen molar-refractivity contribution in [3.05, 3.63) is 11.7 Å². The van der Waals surface area contributed by atoms with Crippen LogP contribution in [-0.2, 0) is 4.79 Å². The van der Waals surface area contributed by atoms with Gasteiger partial charge < -0.3 is 15.2 Å². The van der Waals surface area contributed by atoms with Crippen LogP contribution in [0.4, 0.5) is 0 Å². The van der Waals surface area contributed by atoms with Gasteiger partial charge >= 0.3 is 0 Å². The minimum Gasteiger partial charge on any atom is -0.342 e. The summed E-state index contributed by atoms with van der Waals surface area (Å²) in [7, 11) is 0. The van der Waals surface area contributed by atoms with E-state index in [-0.39, 0.29) is 36.2 Å². The molecule has 2 unspecified atom stereocenters. The van der Waals surface area contributed by atoms with Crippen molar-refractivity contribution in [2.75, 3.05) is 13.1 Å². The fourth-order valence-corrected chi connectivity index (χ4v) is 2.47. The number of hydrogen-bond acceptors (Lipinski definition) is 5. The lowest BCUT2D eigenvalue weighted by Crippen LogP contribution is -2.41. The van der Waals surface area contributed by atoms with Gasteiger partial charge in [-0.15, -0.1) is 12.4 Å². The summed E-state index contributed by atoms with van der Waals surface area (Å²) in [4.78, 5) is 18.4. The maximum Gasteiger partial charge on any atom is 0.229 e. The topological polar surface area (TPSA) is 85.3 Å². The zero-order chi connectivity index (χ0) is 14.7. The molecule has 2 N–H and O–H groups in total. The fraction of sp³-hybridized carbons (Fsp3) is 0.786. The quantitative estimate of drug-likeness (QED) is 0.919. The third-order valence-electron chi connectivity index (χ3n) is 3.59. The molecule has 0 aliphatic carbocycles. The van der Waals surface area contributed by atoms with Gasteiger partial charge in [-0.3, -0.25) is 4.79 Å². The van der Waals surface area contributed by atoms with Gasteiger partial charge in [0.2, 0.25) is 11.8 Å². The molecule has 1 aliphatic heterocycles. The number of halogens is 1. The molecule has 1 aliphatic rings. The minimum absolute atomic E-state index is 0. The number of amides is 1. The van der Waals surface area contributed by atoms with E-state index < -0.39 is 0 Å². The molecule has 2 atom stereocenters. The molecule has 1 saturated heterocycles. The molecule has 0 spiro atoms. The minimum atomic E-state index is -0.0967. The number of likely N-dealkylation sites (tertiary alicyclic amines) is 1. The summed E-state index contributed by atoms with van der Waals surface area (Å²) < 4.78 is 5.26. The molecule has 2 heterocycles. The molecule has 7 heteroatoms. The van der Waals surface area contributed by atoms with Crippen molar-refractivity contribution in [3.63, 3.8) is 0 Å². The van der Waals surface area contributed by atoms with Gasteiger partial charge in [0.1, 0.15) is 0 Å². The lowest BCUT2D eigenvalue weighted by molar-refractivity contribution is -0.132. The Labute approximate surface area is 131 Å². The number of rotatable bonds is 4. The van der Waals surface area contributed by atoms with E-state index in [9.17, 15) is 4.79 Å². The fourth-order valence-electron chi connectivity index (χ4n) is 2.47. The van der Waals surface area contributed by atoms with Crippen LogP contribution in [0.15, 0.2) is 4.52 Å². The van der Waals surface area contributed by atoms with Crippen LogP contribution in [0.2, 0.25) is 0 Å². The van der Waals surface area contributed by atoms with Crippen LogP contribution in [0, 0.1) is 0 Å². The largest absolute Gasteiger partial charge is 0.342 e. The highest BCUT2D eigenvalue weighted by Gasteiger charge is 2.28. The number of nitrogens with zero attached hydrogens (tertiary/aromatic N) is 3. The third kappa shape index (κ3) is 4.68. The number of carbonyl (C=O) groups is 1. The number of piperidine rings is 1. The van der Waals surface area contributed by atoms with Gasteiger partial charge in [-0.25, -0.2) is 0 Å². The summed E-state index contributed by atoms with van der Waals surface area (Å²) in [6.45, 7) is 7.38. The lowest BCUT2D eigenvalue weighted by Gasteiger charge is -2.31. The molecule has 1 aromatic rings. The molecule has 120 valence electrons. The molecule has 21 heavy (non-hydrogen) atoms. The van der Waals surface area contributed by atoms with Gasteiger partial charge in [0.25, 0.3) is 0 Å². The zero-order valence-corrected chi connectivity index (χ0v) is 13.7. The van der Waals surface area contributed by atoms with Crippen molar-refractivity contribution < 1.29 is 9.32 Å². The van der Waals surface area contributed by atoms with E-state index in [4.69, 9.17) is 10.3 Å².